The molecule has 0 atom stereocenters. The molecule has 0 saturated heterocycles. The van der Waals surface area contributed by atoms with Crippen LogP contribution in [-0.2, 0) is 0 Å². The van der Waals surface area contributed by atoms with Crippen molar-refractivity contribution in [2.75, 3.05) is 11.9 Å². The molecule has 0 spiro atoms. The summed E-state index contributed by atoms with van der Waals surface area (Å²) < 4.78 is 5.48. The number of aromatic hydroxyl groups is 1. The number of phenolic OH excluding ortho intramolecular Hbond substituents is 1. The molecule has 0 heterocycles. The maximum atomic E-state index is 10.5. The van der Waals surface area contributed by atoms with Gasteiger partial charge in [-0.3, -0.25) is 4.79 Å². The Morgan fingerprint density at radius 2 is 2.00 bits per heavy atom. The highest BCUT2D eigenvalue weighted by molar-refractivity contribution is 9.09. The second kappa shape index (κ2) is 8.12. The van der Waals surface area contributed by atoms with Crippen molar-refractivity contribution >= 4 is 22.2 Å². The minimum atomic E-state index is -0.0308. The first-order valence-corrected chi connectivity index (χ1v) is 6.87. The van der Waals surface area contributed by atoms with Crippen LogP contribution in [0.1, 0.15) is 36.0 Å². The van der Waals surface area contributed by atoms with Crippen LogP contribution in [0.5, 0.6) is 11.5 Å². The third-order valence-electron chi connectivity index (χ3n) is 2.43. The summed E-state index contributed by atoms with van der Waals surface area (Å²) in [7, 11) is 0. The van der Waals surface area contributed by atoms with Gasteiger partial charge in [0.15, 0.2) is 6.29 Å². The first-order chi connectivity index (χ1) is 8.27. The van der Waals surface area contributed by atoms with E-state index in [1.807, 2.05) is 0 Å². The summed E-state index contributed by atoms with van der Waals surface area (Å²) in [5, 5.41) is 10.5. The molecule has 0 amide bonds. The van der Waals surface area contributed by atoms with Gasteiger partial charge in [-0.25, -0.2) is 0 Å². The normalized spacial score (nSPS) is 10.2. The highest BCUT2D eigenvalue weighted by Crippen LogP contribution is 2.22. The molecule has 0 saturated carbocycles. The summed E-state index contributed by atoms with van der Waals surface area (Å²) in [6.45, 7) is 0.641. The molecule has 1 aromatic carbocycles. The number of carbonyl (C=O) groups is 1. The molecule has 0 bridgehead atoms. The van der Waals surface area contributed by atoms with E-state index in [1.165, 1.54) is 18.9 Å². The number of hydrogen-bond acceptors (Lipinski definition) is 3. The van der Waals surface area contributed by atoms with E-state index in [2.05, 4.69) is 15.9 Å². The Morgan fingerprint density at radius 3 is 2.65 bits per heavy atom. The van der Waals surface area contributed by atoms with Gasteiger partial charge in [-0.05, 0) is 25.0 Å². The number of hydrogen-bond donors (Lipinski definition) is 1. The first kappa shape index (κ1) is 14.0. The zero-order valence-electron chi connectivity index (χ0n) is 9.69. The molecule has 0 aliphatic heterocycles. The van der Waals surface area contributed by atoms with Gasteiger partial charge in [0, 0.05) is 11.4 Å². The predicted molar refractivity (Wildman–Crippen MR) is 71.3 cm³/mol. The van der Waals surface area contributed by atoms with Crippen LogP contribution in [0.3, 0.4) is 0 Å². The molecular weight excluding hydrogens is 284 g/mol. The number of benzene rings is 1. The molecule has 0 fully saturated rings. The SMILES string of the molecule is O=Cc1ccc(OCCCCCCBr)cc1O. The van der Waals surface area contributed by atoms with Crippen molar-refractivity contribution in [2.45, 2.75) is 25.7 Å². The number of ether oxygens (including phenoxy) is 1. The molecule has 1 aromatic rings. The zero-order chi connectivity index (χ0) is 12.5. The number of halogens is 1. The summed E-state index contributed by atoms with van der Waals surface area (Å²) in [5.74, 6) is 0.574. The van der Waals surface area contributed by atoms with E-state index in [-0.39, 0.29) is 11.3 Å². The van der Waals surface area contributed by atoms with Gasteiger partial charge < -0.3 is 9.84 Å². The van der Waals surface area contributed by atoms with Gasteiger partial charge in [-0.1, -0.05) is 28.8 Å². The van der Waals surface area contributed by atoms with Crippen molar-refractivity contribution in [3.63, 3.8) is 0 Å². The number of phenols is 1. The Kier molecular flexibility index (Phi) is 6.70. The highest BCUT2D eigenvalue weighted by Gasteiger charge is 2.01. The van der Waals surface area contributed by atoms with Crippen LogP contribution < -0.4 is 4.74 Å². The second-order valence-electron chi connectivity index (χ2n) is 3.79. The largest absolute Gasteiger partial charge is 0.507 e. The Hall–Kier alpha value is -1.03. The molecule has 1 N–H and O–H groups in total. The lowest BCUT2D eigenvalue weighted by atomic mass is 10.2. The number of unbranched alkanes of at least 4 members (excludes halogenated alkanes) is 3. The maximum absolute atomic E-state index is 10.5. The average molecular weight is 301 g/mol. The molecule has 3 nitrogen and oxygen atoms in total. The van der Waals surface area contributed by atoms with Gasteiger partial charge in [-0.2, -0.15) is 0 Å². The van der Waals surface area contributed by atoms with Gasteiger partial charge in [0.2, 0.25) is 0 Å². The fourth-order valence-corrected chi connectivity index (χ4v) is 1.85. The number of rotatable bonds is 8. The summed E-state index contributed by atoms with van der Waals surface area (Å²) >= 11 is 3.39. The lowest BCUT2D eigenvalue weighted by Crippen LogP contribution is -1.97. The molecule has 0 aliphatic rings. The van der Waals surface area contributed by atoms with Crippen molar-refractivity contribution in [2.24, 2.45) is 0 Å². The minimum absolute atomic E-state index is 0.0308. The van der Waals surface area contributed by atoms with Crippen LogP contribution in [0.4, 0.5) is 0 Å². The van der Waals surface area contributed by atoms with Crippen molar-refractivity contribution in [1.82, 2.24) is 0 Å². The molecule has 0 aromatic heterocycles. The smallest absolute Gasteiger partial charge is 0.153 e. The lowest BCUT2D eigenvalue weighted by Gasteiger charge is -2.07. The molecule has 1 rings (SSSR count). The summed E-state index contributed by atoms with van der Waals surface area (Å²) in [6, 6.07) is 4.73. The predicted octanol–water partition coefficient (Wildman–Crippen LogP) is 3.54. The third-order valence-corrected chi connectivity index (χ3v) is 2.99. The molecular formula is C13H17BrO3. The maximum Gasteiger partial charge on any atom is 0.153 e. The topological polar surface area (TPSA) is 46.5 Å². The quantitative estimate of drug-likeness (QED) is 0.454. The van der Waals surface area contributed by atoms with Crippen LogP contribution in [0.25, 0.3) is 0 Å². The molecule has 94 valence electrons. The Labute approximate surface area is 110 Å². The Balaban J connectivity index is 2.27. The molecule has 0 radical (unpaired) electrons. The van der Waals surface area contributed by atoms with Gasteiger partial charge in [0.25, 0.3) is 0 Å². The first-order valence-electron chi connectivity index (χ1n) is 5.75. The van der Waals surface area contributed by atoms with Gasteiger partial charge in [0.05, 0.1) is 12.2 Å². The standard InChI is InChI=1S/C13H17BrO3/c14-7-3-1-2-4-8-17-12-6-5-11(10-15)13(16)9-12/h5-6,9-10,16H,1-4,7-8H2. The molecule has 4 heteroatoms. The van der Waals surface area contributed by atoms with Crippen molar-refractivity contribution in [3.05, 3.63) is 23.8 Å². The third kappa shape index (κ3) is 5.22. The van der Waals surface area contributed by atoms with Crippen molar-refractivity contribution in [3.8, 4) is 11.5 Å². The number of aldehydes is 1. The van der Waals surface area contributed by atoms with Crippen molar-refractivity contribution < 1.29 is 14.6 Å². The molecule has 0 unspecified atom stereocenters. The van der Waals surface area contributed by atoms with E-state index in [0.717, 1.165) is 18.2 Å². The molecule has 17 heavy (non-hydrogen) atoms. The van der Waals surface area contributed by atoms with E-state index in [0.29, 0.717) is 18.6 Å². The molecule has 0 aliphatic carbocycles. The number of alkyl halides is 1. The van der Waals surface area contributed by atoms with E-state index < -0.39 is 0 Å². The van der Waals surface area contributed by atoms with Crippen LogP contribution in [0, 0.1) is 0 Å². The van der Waals surface area contributed by atoms with E-state index >= 15 is 0 Å². The van der Waals surface area contributed by atoms with Crippen LogP contribution >= 0.6 is 15.9 Å². The Morgan fingerprint density at radius 1 is 1.24 bits per heavy atom. The zero-order valence-corrected chi connectivity index (χ0v) is 11.3. The van der Waals surface area contributed by atoms with Crippen LogP contribution in [0.15, 0.2) is 18.2 Å². The van der Waals surface area contributed by atoms with E-state index in [4.69, 9.17) is 4.74 Å². The minimum Gasteiger partial charge on any atom is -0.507 e. The number of carbonyl (C=O) groups excluding carboxylic acids is 1. The van der Waals surface area contributed by atoms with E-state index in [1.54, 1.807) is 12.1 Å². The monoisotopic (exact) mass is 300 g/mol. The second-order valence-corrected chi connectivity index (χ2v) is 4.58. The van der Waals surface area contributed by atoms with Crippen molar-refractivity contribution in [1.29, 1.82) is 0 Å². The van der Waals surface area contributed by atoms with Crippen LogP contribution in [0.2, 0.25) is 0 Å². The average Bonchev–Trinajstić information content (AvgIpc) is 2.34. The summed E-state index contributed by atoms with van der Waals surface area (Å²) in [6.07, 6.45) is 5.16. The lowest BCUT2D eigenvalue weighted by molar-refractivity contribution is 0.112. The fourth-order valence-electron chi connectivity index (χ4n) is 1.45. The summed E-state index contributed by atoms with van der Waals surface area (Å²) in [5.41, 5.74) is 0.287. The van der Waals surface area contributed by atoms with Crippen LogP contribution in [-0.4, -0.2) is 23.3 Å². The van der Waals surface area contributed by atoms with Gasteiger partial charge in [0.1, 0.15) is 11.5 Å². The van der Waals surface area contributed by atoms with E-state index in [9.17, 15) is 9.90 Å². The Bertz CT molecular complexity index is 353. The van der Waals surface area contributed by atoms with Gasteiger partial charge in [-0.15, -0.1) is 0 Å². The highest BCUT2D eigenvalue weighted by atomic mass is 79.9. The van der Waals surface area contributed by atoms with Gasteiger partial charge >= 0.3 is 0 Å². The fraction of sp³-hybridized carbons (Fsp3) is 0.462. The summed E-state index contributed by atoms with van der Waals surface area (Å²) in [4.78, 5) is 10.5.